The average Bonchev–Trinajstić information content (AvgIpc) is 2.88. The van der Waals surface area contributed by atoms with Crippen molar-refractivity contribution in [3.05, 3.63) is 84.1 Å². The predicted molar refractivity (Wildman–Crippen MR) is 125 cm³/mol. The van der Waals surface area contributed by atoms with Gasteiger partial charge in [0.2, 0.25) is 12.2 Å². The van der Waals surface area contributed by atoms with Gasteiger partial charge >= 0.3 is 11.9 Å². The monoisotopic (exact) mass is 483 g/mol. The minimum Gasteiger partial charge on any atom is -0.470 e. The zero-order valence-corrected chi connectivity index (χ0v) is 19.8. The highest BCUT2D eigenvalue weighted by Crippen LogP contribution is 2.28. The molecule has 35 heavy (non-hydrogen) atoms. The summed E-state index contributed by atoms with van der Waals surface area (Å²) in [4.78, 5) is 37.4. The summed E-state index contributed by atoms with van der Waals surface area (Å²) in [5.74, 6) is -1.53. The summed E-state index contributed by atoms with van der Waals surface area (Å²) in [5.41, 5.74) is 0.704. The fourth-order valence-electron chi connectivity index (χ4n) is 3.70. The SMILES string of the molecule is C/C=C\O[C@H]1O[C@H](COC(=O)c2ccccc2)[C@@H](OC)[C@H](OC(=O)c2ccccc2)[C@H]1NC(C)=O. The Balaban J connectivity index is 1.87. The molecule has 2 aromatic carbocycles. The van der Waals surface area contributed by atoms with Crippen molar-refractivity contribution in [2.24, 2.45) is 0 Å². The normalized spacial score (nSPS) is 23.9. The van der Waals surface area contributed by atoms with Gasteiger partial charge in [0, 0.05) is 14.0 Å². The molecule has 186 valence electrons. The molecule has 0 radical (unpaired) electrons. The fourth-order valence-corrected chi connectivity index (χ4v) is 3.70. The molecule has 1 N–H and O–H groups in total. The summed E-state index contributed by atoms with van der Waals surface area (Å²) >= 11 is 0. The Morgan fingerprint density at radius 2 is 1.54 bits per heavy atom. The first-order chi connectivity index (χ1) is 16.9. The van der Waals surface area contributed by atoms with Gasteiger partial charge in [-0.15, -0.1) is 0 Å². The van der Waals surface area contributed by atoms with Gasteiger partial charge in [-0.2, -0.15) is 0 Å². The molecule has 0 unspecified atom stereocenters. The summed E-state index contributed by atoms with van der Waals surface area (Å²) in [5, 5.41) is 2.74. The molecule has 0 saturated carbocycles. The number of carbonyl (C=O) groups excluding carboxylic acids is 3. The number of nitrogens with one attached hydrogen (secondary N) is 1. The Morgan fingerprint density at radius 1 is 0.943 bits per heavy atom. The van der Waals surface area contributed by atoms with Crippen LogP contribution in [-0.4, -0.2) is 62.2 Å². The first-order valence-corrected chi connectivity index (χ1v) is 11.1. The quantitative estimate of drug-likeness (QED) is 0.428. The number of hydrogen-bond acceptors (Lipinski definition) is 8. The van der Waals surface area contributed by atoms with Gasteiger partial charge in [-0.25, -0.2) is 9.59 Å². The highest BCUT2D eigenvalue weighted by Gasteiger charge is 2.50. The molecule has 1 amide bonds. The number of methoxy groups -OCH3 is 1. The van der Waals surface area contributed by atoms with E-state index < -0.39 is 42.6 Å². The molecule has 0 aromatic heterocycles. The van der Waals surface area contributed by atoms with Crippen molar-refractivity contribution in [3.63, 3.8) is 0 Å². The third-order valence-electron chi connectivity index (χ3n) is 5.28. The molecule has 1 heterocycles. The number of ether oxygens (including phenoxy) is 5. The highest BCUT2D eigenvalue weighted by molar-refractivity contribution is 5.90. The van der Waals surface area contributed by atoms with Crippen LogP contribution in [0.1, 0.15) is 34.6 Å². The second-order valence-corrected chi connectivity index (χ2v) is 7.78. The second kappa shape index (κ2) is 12.7. The molecule has 1 fully saturated rings. The van der Waals surface area contributed by atoms with Crippen LogP contribution in [0, 0.1) is 0 Å². The maximum atomic E-state index is 12.9. The lowest BCUT2D eigenvalue weighted by Crippen LogP contribution is -2.66. The number of hydrogen-bond donors (Lipinski definition) is 1. The molecule has 0 bridgehead atoms. The first kappa shape index (κ1) is 25.9. The number of esters is 2. The van der Waals surface area contributed by atoms with Crippen molar-refractivity contribution in [2.45, 2.75) is 44.5 Å². The van der Waals surface area contributed by atoms with Crippen LogP contribution in [0.25, 0.3) is 0 Å². The largest absolute Gasteiger partial charge is 0.470 e. The van der Waals surface area contributed by atoms with Crippen LogP contribution in [0.5, 0.6) is 0 Å². The van der Waals surface area contributed by atoms with E-state index in [4.69, 9.17) is 23.7 Å². The van der Waals surface area contributed by atoms with Gasteiger partial charge < -0.3 is 29.0 Å². The van der Waals surface area contributed by atoms with Crippen LogP contribution in [0.3, 0.4) is 0 Å². The predicted octanol–water partition coefficient (Wildman–Crippen LogP) is 2.86. The zero-order valence-electron chi connectivity index (χ0n) is 19.8. The lowest BCUT2D eigenvalue weighted by atomic mass is 9.96. The minimum absolute atomic E-state index is 0.200. The molecule has 1 saturated heterocycles. The zero-order chi connectivity index (χ0) is 25.2. The van der Waals surface area contributed by atoms with Gasteiger partial charge in [-0.1, -0.05) is 42.5 Å². The minimum atomic E-state index is -1.05. The molecule has 0 aliphatic carbocycles. The van der Waals surface area contributed by atoms with Gasteiger partial charge in [0.25, 0.3) is 0 Å². The maximum absolute atomic E-state index is 12.9. The molecular formula is C26H29NO8. The first-order valence-electron chi connectivity index (χ1n) is 11.1. The number of benzene rings is 2. The average molecular weight is 484 g/mol. The van der Waals surface area contributed by atoms with Crippen molar-refractivity contribution < 1.29 is 38.1 Å². The number of amides is 1. The summed E-state index contributed by atoms with van der Waals surface area (Å²) in [6.07, 6.45) is -0.756. The van der Waals surface area contributed by atoms with E-state index in [1.807, 2.05) is 0 Å². The number of carbonyl (C=O) groups is 3. The van der Waals surface area contributed by atoms with Crippen LogP contribution in [0.4, 0.5) is 0 Å². The molecule has 9 heteroatoms. The Labute approximate surface area is 204 Å². The smallest absolute Gasteiger partial charge is 0.338 e. The molecule has 2 aromatic rings. The van der Waals surface area contributed by atoms with E-state index >= 15 is 0 Å². The molecular weight excluding hydrogens is 454 g/mol. The Morgan fingerprint density at radius 3 is 2.09 bits per heavy atom. The van der Waals surface area contributed by atoms with Crippen molar-refractivity contribution >= 4 is 17.8 Å². The van der Waals surface area contributed by atoms with Crippen molar-refractivity contribution in [1.82, 2.24) is 5.32 Å². The summed E-state index contributed by atoms with van der Waals surface area (Å²) in [7, 11) is 1.42. The molecule has 1 aliphatic rings. The van der Waals surface area contributed by atoms with Crippen LogP contribution in [0.2, 0.25) is 0 Å². The van der Waals surface area contributed by atoms with Crippen molar-refractivity contribution in [2.75, 3.05) is 13.7 Å². The number of rotatable bonds is 9. The van der Waals surface area contributed by atoms with E-state index in [1.54, 1.807) is 73.7 Å². The summed E-state index contributed by atoms with van der Waals surface area (Å²) in [6.45, 7) is 2.88. The van der Waals surface area contributed by atoms with E-state index in [9.17, 15) is 14.4 Å². The van der Waals surface area contributed by atoms with Gasteiger partial charge in [0.05, 0.1) is 17.4 Å². The third kappa shape index (κ3) is 6.91. The third-order valence-corrected chi connectivity index (χ3v) is 5.28. The van der Waals surface area contributed by atoms with Crippen LogP contribution in [-0.2, 0) is 28.5 Å². The van der Waals surface area contributed by atoms with Crippen molar-refractivity contribution in [3.8, 4) is 0 Å². The summed E-state index contributed by atoms with van der Waals surface area (Å²) in [6, 6.07) is 16.0. The van der Waals surface area contributed by atoms with Gasteiger partial charge in [-0.3, -0.25) is 4.79 Å². The van der Waals surface area contributed by atoms with E-state index in [2.05, 4.69) is 5.32 Å². The fraction of sp³-hybridized carbons (Fsp3) is 0.346. The van der Waals surface area contributed by atoms with E-state index in [1.165, 1.54) is 20.3 Å². The molecule has 9 nitrogen and oxygen atoms in total. The highest BCUT2D eigenvalue weighted by atomic mass is 16.7. The van der Waals surface area contributed by atoms with Gasteiger partial charge in [-0.05, 0) is 31.2 Å². The lowest BCUT2D eigenvalue weighted by Gasteiger charge is -2.44. The lowest BCUT2D eigenvalue weighted by molar-refractivity contribution is -0.259. The van der Waals surface area contributed by atoms with Crippen LogP contribution < -0.4 is 5.32 Å². The maximum Gasteiger partial charge on any atom is 0.338 e. The Kier molecular flexibility index (Phi) is 9.39. The standard InChI is InChI=1S/C26H29NO8/c1-4-15-32-26-21(27-17(2)28)23(35-25(30)19-13-9-6-10-14-19)22(31-3)20(34-26)16-33-24(29)18-11-7-5-8-12-18/h4-15,20-23,26H,16H2,1-3H3,(H,27,28)/b15-4-/t20-,21-,22-,23-,26+/m1/s1. The van der Waals surface area contributed by atoms with Crippen LogP contribution in [0.15, 0.2) is 73.0 Å². The Hall–Kier alpha value is -3.69. The molecule has 1 aliphatic heterocycles. The van der Waals surface area contributed by atoms with Gasteiger partial charge in [0.1, 0.15) is 24.9 Å². The molecule has 0 spiro atoms. The van der Waals surface area contributed by atoms with Crippen LogP contribution >= 0.6 is 0 Å². The van der Waals surface area contributed by atoms with Crippen molar-refractivity contribution in [1.29, 1.82) is 0 Å². The summed E-state index contributed by atoms with van der Waals surface area (Å²) < 4.78 is 28.6. The van der Waals surface area contributed by atoms with E-state index in [-0.39, 0.29) is 12.5 Å². The topological polar surface area (TPSA) is 109 Å². The van der Waals surface area contributed by atoms with Gasteiger partial charge in [0.15, 0.2) is 6.10 Å². The molecule has 5 atom stereocenters. The molecule has 3 rings (SSSR count). The van der Waals surface area contributed by atoms with E-state index in [0.717, 1.165) is 0 Å². The van der Waals surface area contributed by atoms with E-state index in [0.29, 0.717) is 11.1 Å². The number of allylic oxidation sites excluding steroid dienone is 1. The second-order valence-electron chi connectivity index (χ2n) is 7.78. The Bertz CT molecular complexity index is 1010.